The number of hydrogen-bond acceptors (Lipinski definition) is 2. The van der Waals surface area contributed by atoms with Crippen molar-refractivity contribution in [1.82, 2.24) is 5.32 Å². The van der Waals surface area contributed by atoms with E-state index in [1.165, 1.54) is 6.21 Å². The lowest BCUT2D eigenvalue weighted by Gasteiger charge is -2.05. The molecule has 3 heteroatoms. The minimum atomic E-state index is 0.929. The first-order chi connectivity index (χ1) is 4.83. The zero-order chi connectivity index (χ0) is 7.40. The van der Waals surface area contributed by atoms with Gasteiger partial charge in [0.15, 0.2) is 0 Å². The molecular formula is C7H7BrN2. The van der Waals surface area contributed by atoms with Gasteiger partial charge in [-0.2, -0.15) is 0 Å². The van der Waals surface area contributed by atoms with Crippen LogP contribution in [-0.2, 0) is 0 Å². The fraction of sp³-hybridized carbons (Fsp3) is 0. The summed E-state index contributed by atoms with van der Waals surface area (Å²) in [5, 5.41) is 9.77. The van der Waals surface area contributed by atoms with Crippen molar-refractivity contribution in [1.29, 1.82) is 5.41 Å². The highest BCUT2D eigenvalue weighted by Gasteiger charge is 1.93. The van der Waals surface area contributed by atoms with Gasteiger partial charge in [-0.3, -0.25) is 0 Å². The van der Waals surface area contributed by atoms with Crippen LogP contribution in [0.2, 0.25) is 0 Å². The number of allylic oxidation sites excluding steroid dienone is 4. The van der Waals surface area contributed by atoms with E-state index in [1.807, 2.05) is 18.4 Å². The Kier molecular flexibility index (Phi) is 2.45. The Morgan fingerprint density at radius 1 is 1.50 bits per heavy atom. The molecule has 1 rings (SSSR count). The molecule has 10 heavy (non-hydrogen) atoms. The summed E-state index contributed by atoms with van der Waals surface area (Å²) in [5.41, 5.74) is 0.929. The summed E-state index contributed by atoms with van der Waals surface area (Å²) in [6.07, 6.45) is 8.59. The van der Waals surface area contributed by atoms with Gasteiger partial charge in [-0.05, 0) is 34.2 Å². The molecule has 2 nitrogen and oxygen atoms in total. The largest absolute Gasteiger partial charge is 0.361 e. The third-order valence-corrected chi connectivity index (χ3v) is 1.55. The van der Waals surface area contributed by atoms with Crippen LogP contribution in [0.4, 0.5) is 0 Å². The fourth-order valence-corrected chi connectivity index (χ4v) is 0.858. The van der Waals surface area contributed by atoms with Crippen LogP contribution in [-0.4, -0.2) is 6.21 Å². The van der Waals surface area contributed by atoms with Crippen molar-refractivity contribution in [2.45, 2.75) is 0 Å². The quantitative estimate of drug-likeness (QED) is 0.621. The first-order valence-corrected chi connectivity index (χ1v) is 3.63. The van der Waals surface area contributed by atoms with E-state index in [0.29, 0.717) is 0 Å². The van der Waals surface area contributed by atoms with Crippen molar-refractivity contribution in [3.05, 3.63) is 34.6 Å². The molecule has 0 bridgehead atoms. The van der Waals surface area contributed by atoms with Gasteiger partial charge in [0.1, 0.15) is 0 Å². The average molecular weight is 199 g/mol. The molecule has 0 aromatic carbocycles. The predicted molar refractivity (Wildman–Crippen MR) is 46.2 cm³/mol. The first-order valence-electron chi connectivity index (χ1n) is 2.84. The first kappa shape index (κ1) is 7.28. The summed E-state index contributed by atoms with van der Waals surface area (Å²) >= 11 is 3.29. The van der Waals surface area contributed by atoms with Gasteiger partial charge in [-0.1, -0.05) is 0 Å². The lowest BCUT2D eigenvalue weighted by molar-refractivity contribution is 1.10. The summed E-state index contributed by atoms with van der Waals surface area (Å²) < 4.78 is 1.01. The number of nitrogens with one attached hydrogen (secondary N) is 2. The van der Waals surface area contributed by atoms with Gasteiger partial charge >= 0.3 is 0 Å². The van der Waals surface area contributed by atoms with Crippen LogP contribution >= 0.6 is 15.9 Å². The molecular weight excluding hydrogens is 192 g/mol. The van der Waals surface area contributed by atoms with Gasteiger partial charge in [-0.25, -0.2) is 0 Å². The van der Waals surface area contributed by atoms with E-state index >= 15 is 0 Å². The molecule has 0 aromatic heterocycles. The second kappa shape index (κ2) is 3.37. The van der Waals surface area contributed by atoms with Crippen molar-refractivity contribution in [3.63, 3.8) is 0 Å². The maximum atomic E-state index is 6.78. The molecule has 0 fully saturated rings. The summed E-state index contributed by atoms with van der Waals surface area (Å²) in [6.45, 7) is 0. The standard InChI is InChI=1S/C7H7BrN2/c8-6-1-2-7(3-4-9)10-5-6/h1-5,9-10H/b7-3-,9-4?. The lowest BCUT2D eigenvalue weighted by atomic mass is 10.3. The molecule has 52 valence electrons. The molecule has 0 spiro atoms. The van der Waals surface area contributed by atoms with Crippen LogP contribution in [0.1, 0.15) is 0 Å². The number of hydrogen-bond donors (Lipinski definition) is 2. The Hall–Kier alpha value is -0.830. The van der Waals surface area contributed by atoms with E-state index in [9.17, 15) is 0 Å². The monoisotopic (exact) mass is 198 g/mol. The predicted octanol–water partition coefficient (Wildman–Crippen LogP) is 1.92. The second-order valence-corrected chi connectivity index (χ2v) is 2.71. The molecule has 0 atom stereocenters. The highest BCUT2D eigenvalue weighted by Crippen LogP contribution is 2.11. The van der Waals surface area contributed by atoms with Gasteiger partial charge in [0.05, 0.1) is 0 Å². The highest BCUT2D eigenvalue weighted by atomic mass is 79.9. The molecule has 0 aromatic rings. The van der Waals surface area contributed by atoms with E-state index in [1.54, 1.807) is 6.08 Å². The fourth-order valence-electron chi connectivity index (χ4n) is 0.611. The summed E-state index contributed by atoms with van der Waals surface area (Å²) in [5.74, 6) is 0. The summed E-state index contributed by atoms with van der Waals surface area (Å²) in [4.78, 5) is 0. The van der Waals surface area contributed by atoms with E-state index in [0.717, 1.165) is 10.2 Å². The molecule has 0 amide bonds. The van der Waals surface area contributed by atoms with Gasteiger partial charge in [0.2, 0.25) is 0 Å². The maximum absolute atomic E-state index is 6.78. The summed E-state index contributed by atoms with van der Waals surface area (Å²) in [7, 11) is 0. The van der Waals surface area contributed by atoms with Gasteiger partial charge in [0, 0.05) is 22.6 Å². The Labute approximate surface area is 68.0 Å². The van der Waals surface area contributed by atoms with Crippen LogP contribution in [0.3, 0.4) is 0 Å². The molecule has 2 N–H and O–H groups in total. The molecule has 0 unspecified atom stereocenters. The third-order valence-electron chi connectivity index (χ3n) is 1.06. The van der Waals surface area contributed by atoms with E-state index in [4.69, 9.17) is 5.41 Å². The van der Waals surface area contributed by atoms with Crippen LogP contribution in [0.15, 0.2) is 34.6 Å². The van der Waals surface area contributed by atoms with E-state index < -0.39 is 0 Å². The lowest BCUT2D eigenvalue weighted by Crippen LogP contribution is -2.05. The van der Waals surface area contributed by atoms with Crippen molar-refractivity contribution in [3.8, 4) is 0 Å². The Balaban J connectivity index is 2.69. The highest BCUT2D eigenvalue weighted by molar-refractivity contribution is 9.11. The molecule has 1 heterocycles. The van der Waals surface area contributed by atoms with E-state index in [2.05, 4.69) is 21.2 Å². The molecule has 0 saturated heterocycles. The zero-order valence-electron chi connectivity index (χ0n) is 5.26. The average Bonchev–Trinajstić information content (AvgIpc) is 1.95. The SMILES string of the molecule is N=C/C=C1/C=CC(Br)=CN1. The van der Waals surface area contributed by atoms with Gasteiger partial charge < -0.3 is 10.7 Å². The van der Waals surface area contributed by atoms with Crippen molar-refractivity contribution >= 4 is 22.1 Å². The maximum Gasteiger partial charge on any atom is 0.0395 e. The van der Waals surface area contributed by atoms with Crippen LogP contribution < -0.4 is 5.32 Å². The molecule has 0 radical (unpaired) electrons. The number of halogens is 1. The number of rotatable bonds is 1. The second-order valence-electron chi connectivity index (χ2n) is 1.80. The zero-order valence-corrected chi connectivity index (χ0v) is 6.85. The Morgan fingerprint density at radius 3 is 2.80 bits per heavy atom. The Morgan fingerprint density at radius 2 is 2.30 bits per heavy atom. The minimum absolute atomic E-state index is 0.929. The van der Waals surface area contributed by atoms with Crippen LogP contribution in [0, 0.1) is 5.41 Å². The molecule has 1 aliphatic heterocycles. The van der Waals surface area contributed by atoms with Crippen LogP contribution in [0.5, 0.6) is 0 Å². The topological polar surface area (TPSA) is 35.9 Å². The molecule has 0 saturated carbocycles. The van der Waals surface area contributed by atoms with Gasteiger partial charge in [-0.15, -0.1) is 0 Å². The smallest absolute Gasteiger partial charge is 0.0395 e. The van der Waals surface area contributed by atoms with Crippen molar-refractivity contribution in [2.24, 2.45) is 0 Å². The van der Waals surface area contributed by atoms with E-state index in [-0.39, 0.29) is 0 Å². The van der Waals surface area contributed by atoms with Crippen molar-refractivity contribution in [2.75, 3.05) is 0 Å². The molecule has 0 aliphatic carbocycles. The van der Waals surface area contributed by atoms with Crippen molar-refractivity contribution < 1.29 is 0 Å². The summed E-state index contributed by atoms with van der Waals surface area (Å²) in [6, 6.07) is 0. The van der Waals surface area contributed by atoms with Gasteiger partial charge in [0.25, 0.3) is 0 Å². The third kappa shape index (κ3) is 1.84. The minimum Gasteiger partial charge on any atom is -0.361 e. The van der Waals surface area contributed by atoms with Crippen LogP contribution in [0.25, 0.3) is 0 Å². The normalized spacial score (nSPS) is 20.1. The molecule has 1 aliphatic rings. The Bertz CT molecular complexity index is 226. The number of dihydropyridines is 1.